The van der Waals surface area contributed by atoms with Crippen LogP contribution in [0.4, 0.5) is 19.2 Å². The van der Waals surface area contributed by atoms with Gasteiger partial charge >= 0.3 is 6.18 Å². The van der Waals surface area contributed by atoms with Crippen molar-refractivity contribution in [3.8, 4) is 11.3 Å². The number of halogens is 4. The molecule has 4 rings (SSSR count). The van der Waals surface area contributed by atoms with Crippen LogP contribution in [-0.2, 0) is 6.18 Å². The number of anilines is 1. The smallest absolute Gasteiger partial charge is 0.420 e. The number of hydrogen-bond donors (Lipinski definition) is 1. The molecule has 1 saturated heterocycles. The topological polar surface area (TPSA) is 54.2 Å². The molecule has 0 saturated carbocycles. The first-order chi connectivity index (χ1) is 12.9. The van der Waals surface area contributed by atoms with Crippen LogP contribution in [-0.4, -0.2) is 35.6 Å². The summed E-state index contributed by atoms with van der Waals surface area (Å²) in [5, 5.41) is 2.80. The van der Waals surface area contributed by atoms with Gasteiger partial charge in [0, 0.05) is 37.4 Å². The monoisotopic (exact) mass is 396 g/mol. The zero-order chi connectivity index (χ0) is 19.2. The first-order valence-electron chi connectivity index (χ1n) is 8.45. The number of fused-ring (bicyclic) bond motifs is 1. The highest BCUT2D eigenvalue weighted by molar-refractivity contribution is 6.33. The quantitative estimate of drug-likeness (QED) is 0.697. The van der Waals surface area contributed by atoms with Gasteiger partial charge in [-0.2, -0.15) is 18.2 Å². The Labute approximate surface area is 158 Å². The lowest BCUT2D eigenvalue weighted by atomic mass is 10.1. The standard InChI is InChI=1S/C18H16ClF3N4O/c1-10-9-23-6-7-26(10)17-25-15-14(18(20,21)22)12(19)8-11(16(15)27-17)13-4-2-3-5-24-13/h2-5,8,10,23H,6-7,9H2,1H3/t10-/m0/s1. The van der Waals surface area contributed by atoms with E-state index >= 15 is 0 Å². The fourth-order valence-corrected chi connectivity index (χ4v) is 3.57. The minimum Gasteiger partial charge on any atom is -0.423 e. The minimum absolute atomic E-state index is 0.0335. The van der Waals surface area contributed by atoms with Crippen LogP contribution in [0.15, 0.2) is 34.9 Å². The predicted octanol–water partition coefficient (Wildman–Crippen LogP) is 4.36. The number of piperazine rings is 1. The third kappa shape index (κ3) is 3.23. The molecule has 1 N–H and O–H groups in total. The zero-order valence-corrected chi connectivity index (χ0v) is 15.1. The van der Waals surface area contributed by atoms with E-state index in [1.807, 2.05) is 11.8 Å². The molecule has 1 atom stereocenters. The van der Waals surface area contributed by atoms with Gasteiger partial charge in [-0.25, -0.2) is 0 Å². The van der Waals surface area contributed by atoms with Gasteiger partial charge in [0.2, 0.25) is 0 Å². The number of rotatable bonds is 2. The van der Waals surface area contributed by atoms with Crippen LogP contribution < -0.4 is 10.2 Å². The van der Waals surface area contributed by atoms with Crippen molar-refractivity contribution in [2.24, 2.45) is 0 Å². The van der Waals surface area contributed by atoms with Crippen LogP contribution in [0.3, 0.4) is 0 Å². The number of oxazole rings is 1. The second-order valence-corrected chi connectivity index (χ2v) is 6.82. The number of pyridine rings is 1. The number of hydrogen-bond acceptors (Lipinski definition) is 5. The van der Waals surface area contributed by atoms with Crippen LogP contribution in [0, 0.1) is 0 Å². The molecular formula is C18H16ClF3N4O. The van der Waals surface area contributed by atoms with E-state index in [-0.39, 0.29) is 23.2 Å². The van der Waals surface area contributed by atoms with Crippen molar-refractivity contribution in [2.75, 3.05) is 24.5 Å². The van der Waals surface area contributed by atoms with Crippen molar-refractivity contribution >= 4 is 28.7 Å². The molecule has 2 aromatic heterocycles. The fourth-order valence-electron chi connectivity index (χ4n) is 3.27. The Bertz CT molecular complexity index is 974. The van der Waals surface area contributed by atoms with E-state index in [0.717, 1.165) is 0 Å². The number of alkyl halides is 3. The Morgan fingerprint density at radius 2 is 2.15 bits per heavy atom. The average molecular weight is 397 g/mol. The molecule has 0 radical (unpaired) electrons. The van der Waals surface area contributed by atoms with Crippen LogP contribution in [0.2, 0.25) is 5.02 Å². The number of aromatic nitrogens is 2. The lowest BCUT2D eigenvalue weighted by Crippen LogP contribution is -2.50. The molecule has 1 aliphatic rings. The largest absolute Gasteiger partial charge is 0.423 e. The van der Waals surface area contributed by atoms with Crippen LogP contribution in [0.1, 0.15) is 12.5 Å². The van der Waals surface area contributed by atoms with Crippen molar-refractivity contribution < 1.29 is 17.6 Å². The Hall–Kier alpha value is -2.32. The maximum absolute atomic E-state index is 13.6. The van der Waals surface area contributed by atoms with Gasteiger partial charge in [-0.3, -0.25) is 4.98 Å². The van der Waals surface area contributed by atoms with Crippen LogP contribution in [0.25, 0.3) is 22.4 Å². The third-order valence-corrected chi connectivity index (χ3v) is 4.88. The van der Waals surface area contributed by atoms with Gasteiger partial charge in [-0.1, -0.05) is 17.7 Å². The molecule has 1 aromatic carbocycles. The summed E-state index contributed by atoms with van der Waals surface area (Å²) in [7, 11) is 0. The minimum atomic E-state index is -4.65. The van der Waals surface area contributed by atoms with Gasteiger partial charge < -0.3 is 14.6 Å². The zero-order valence-electron chi connectivity index (χ0n) is 14.3. The summed E-state index contributed by atoms with van der Waals surface area (Å²) < 4.78 is 46.7. The lowest BCUT2D eigenvalue weighted by Gasteiger charge is -2.32. The van der Waals surface area contributed by atoms with Crippen molar-refractivity contribution in [1.29, 1.82) is 0 Å². The van der Waals surface area contributed by atoms with Crippen LogP contribution in [0.5, 0.6) is 0 Å². The molecule has 0 unspecified atom stereocenters. The van der Waals surface area contributed by atoms with E-state index < -0.39 is 16.8 Å². The first kappa shape index (κ1) is 18.1. The van der Waals surface area contributed by atoms with Gasteiger partial charge in [-0.15, -0.1) is 0 Å². The molecule has 5 nitrogen and oxygen atoms in total. The van der Waals surface area contributed by atoms with Gasteiger partial charge in [0.25, 0.3) is 6.01 Å². The SMILES string of the molecule is C[C@H]1CNCCN1c1nc2c(C(F)(F)F)c(Cl)cc(-c3ccccn3)c2o1. The summed E-state index contributed by atoms with van der Waals surface area (Å²) in [6.45, 7) is 3.93. The Morgan fingerprint density at radius 3 is 2.81 bits per heavy atom. The number of benzene rings is 1. The first-order valence-corrected chi connectivity index (χ1v) is 8.83. The Balaban J connectivity index is 1.97. The van der Waals surface area contributed by atoms with Crippen molar-refractivity contribution in [2.45, 2.75) is 19.1 Å². The van der Waals surface area contributed by atoms with E-state index in [1.54, 1.807) is 24.4 Å². The summed E-state index contributed by atoms with van der Waals surface area (Å²) in [5.41, 5.74) is -0.404. The van der Waals surface area contributed by atoms with Crippen molar-refractivity contribution in [1.82, 2.24) is 15.3 Å². The summed E-state index contributed by atoms with van der Waals surface area (Å²) in [4.78, 5) is 10.3. The predicted molar refractivity (Wildman–Crippen MR) is 96.9 cm³/mol. The van der Waals surface area contributed by atoms with E-state index in [1.165, 1.54) is 6.07 Å². The van der Waals surface area contributed by atoms with Crippen molar-refractivity contribution in [3.63, 3.8) is 0 Å². The van der Waals surface area contributed by atoms with Gasteiger partial charge in [-0.05, 0) is 25.1 Å². The highest BCUT2D eigenvalue weighted by Gasteiger charge is 2.39. The van der Waals surface area contributed by atoms with Gasteiger partial charge in [0.1, 0.15) is 11.1 Å². The normalized spacial score (nSPS) is 18.3. The molecule has 0 amide bonds. The van der Waals surface area contributed by atoms with Gasteiger partial charge in [0.15, 0.2) is 5.58 Å². The average Bonchev–Trinajstić information content (AvgIpc) is 3.05. The van der Waals surface area contributed by atoms with Crippen LogP contribution >= 0.6 is 11.6 Å². The fraction of sp³-hybridized carbons (Fsp3) is 0.333. The highest BCUT2D eigenvalue weighted by atomic mass is 35.5. The molecule has 0 bridgehead atoms. The molecule has 1 fully saturated rings. The Kier molecular flexibility index (Phi) is 4.47. The summed E-state index contributed by atoms with van der Waals surface area (Å²) in [6.07, 6.45) is -3.09. The number of nitrogens with zero attached hydrogens (tertiary/aromatic N) is 3. The molecule has 0 spiro atoms. The molecule has 142 valence electrons. The molecule has 27 heavy (non-hydrogen) atoms. The summed E-state index contributed by atoms with van der Waals surface area (Å²) in [5.74, 6) is 0. The van der Waals surface area contributed by atoms with E-state index in [9.17, 15) is 13.2 Å². The summed E-state index contributed by atoms with van der Waals surface area (Å²) >= 11 is 6.01. The molecule has 0 aliphatic carbocycles. The van der Waals surface area contributed by atoms with E-state index in [4.69, 9.17) is 16.0 Å². The second kappa shape index (κ2) is 6.69. The highest BCUT2D eigenvalue weighted by Crippen LogP contribution is 2.44. The molecule has 9 heteroatoms. The third-order valence-electron chi connectivity index (χ3n) is 4.58. The lowest BCUT2D eigenvalue weighted by molar-refractivity contribution is -0.136. The molecule has 3 heterocycles. The molecule has 1 aliphatic heterocycles. The van der Waals surface area contributed by atoms with E-state index in [0.29, 0.717) is 30.9 Å². The number of nitrogens with one attached hydrogen (secondary N) is 1. The van der Waals surface area contributed by atoms with Crippen molar-refractivity contribution in [3.05, 3.63) is 41.0 Å². The van der Waals surface area contributed by atoms with E-state index in [2.05, 4.69) is 15.3 Å². The molecule has 3 aromatic rings. The van der Waals surface area contributed by atoms with Gasteiger partial charge in [0.05, 0.1) is 10.7 Å². The second-order valence-electron chi connectivity index (χ2n) is 6.41. The maximum Gasteiger partial charge on any atom is 0.420 e. The Morgan fingerprint density at radius 1 is 1.33 bits per heavy atom. The summed E-state index contributed by atoms with van der Waals surface area (Å²) in [6, 6.07) is 6.59. The molecular weight excluding hydrogens is 381 g/mol. The maximum atomic E-state index is 13.6.